The number of nitrogens with one attached hydrogen (secondary N) is 2. The maximum Gasteiger partial charge on any atom is 0.412 e. The molecule has 1 amide bonds. The van der Waals surface area contributed by atoms with Crippen LogP contribution in [0.4, 0.5) is 16.2 Å². The first-order valence-corrected chi connectivity index (χ1v) is 6.77. The average Bonchev–Trinajstić information content (AvgIpc) is 2.83. The summed E-state index contributed by atoms with van der Waals surface area (Å²) in [5.74, 6) is 0.498. The first-order chi connectivity index (χ1) is 10.3. The first kappa shape index (κ1) is 15.7. The summed E-state index contributed by atoms with van der Waals surface area (Å²) in [4.78, 5) is 11.8. The number of rotatable bonds is 3. The Bertz CT molecular complexity index is 674. The number of benzene rings is 1. The van der Waals surface area contributed by atoms with Crippen molar-refractivity contribution in [3.63, 3.8) is 0 Å². The third-order valence-electron chi connectivity index (χ3n) is 2.79. The van der Waals surface area contributed by atoms with E-state index in [-0.39, 0.29) is 0 Å². The van der Waals surface area contributed by atoms with Gasteiger partial charge in [-0.05, 0) is 32.9 Å². The second-order valence-electron chi connectivity index (χ2n) is 5.74. The van der Waals surface area contributed by atoms with Crippen LogP contribution in [0, 0.1) is 0 Å². The number of ether oxygens (including phenoxy) is 2. The molecule has 0 saturated carbocycles. The number of aromatic amines is 1. The molecule has 118 valence electrons. The van der Waals surface area contributed by atoms with Crippen LogP contribution in [0.5, 0.6) is 5.75 Å². The smallest absolute Gasteiger partial charge is 0.412 e. The number of aromatic nitrogens is 2. The van der Waals surface area contributed by atoms with Crippen molar-refractivity contribution in [3.05, 3.63) is 24.4 Å². The number of hydrogen-bond donors (Lipinski definition) is 3. The van der Waals surface area contributed by atoms with E-state index >= 15 is 0 Å². The van der Waals surface area contributed by atoms with Gasteiger partial charge in [0, 0.05) is 5.56 Å². The molecule has 2 aromatic rings. The molecule has 7 heteroatoms. The summed E-state index contributed by atoms with van der Waals surface area (Å²) >= 11 is 0. The van der Waals surface area contributed by atoms with E-state index in [1.807, 2.05) is 0 Å². The molecule has 0 spiro atoms. The summed E-state index contributed by atoms with van der Waals surface area (Å²) in [5, 5.41) is 9.37. The Morgan fingerprint density at radius 3 is 2.64 bits per heavy atom. The monoisotopic (exact) mass is 304 g/mol. The van der Waals surface area contributed by atoms with Crippen molar-refractivity contribution in [3.8, 4) is 17.0 Å². The number of nitrogens with zero attached hydrogens (tertiary/aromatic N) is 1. The van der Waals surface area contributed by atoms with Crippen molar-refractivity contribution in [2.24, 2.45) is 0 Å². The predicted molar refractivity (Wildman–Crippen MR) is 84.8 cm³/mol. The van der Waals surface area contributed by atoms with Crippen LogP contribution in [0.1, 0.15) is 20.8 Å². The van der Waals surface area contributed by atoms with Crippen LogP contribution in [0.25, 0.3) is 11.3 Å². The van der Waals surface area contributed by atoms with Gasteiger partial charge in [0.2, 0.25) is 0 Å². The Morgan fingerprint density at radius 1 is 1.36 bits per heavy atom. The number of amides is 1. The number of nitrogen functional groups attached to an aromatic ring is 1. The van der Waals surface area contributed by atoms with Crippen LogP contribution in [-0.4, -0.2) is 29.0 Å². The van der Waals surface area contributed by atoms with Crippen LogP contribution in [0.15, 0.2) is 24.4 Å². The van der Waals surface area contributed by atoms with Crippen molar-refractivity contribution in [1.29, 1.82) is 0 Å². The van der Waals surface area contributed by atoms with Crippen LogP contribution in [0.3, 0.4) is 0 Å². The SMILES string of the molecule is COc1cc(-c2[nH]ncc2N)ccc1NC(=O)OC(C)(C)C. The molecule has 0 radical (unpaired) electrons. The fraction of sp³-hybridized carbons (Fsp3) is 0.333. The summed E-state index contributed by atoms with van der Waals surface area (Å²) in [6.07, 6.45) is 0.994. The molecule has 1 aromatic heterocycles. The van der Waals surface area contributed by atoms with Gasteiger partial charge in [-0.1, -0.05) is 6.07 Å². The van der Waals surface area contributed by atoms with E-state index in [2.05, 4.69) is 15.5 Å². The molecular formula is C15H20N4O3. The van der Waals surface area contributed by atoms with Crippen molar-refractivity contribution < 1.29 is 14.3 Å². The molecule has 1 heterocycles. The van der Waals surface area contributed by atoms with Crippen LogP contribution >= 0.6 is 0 Å². The van der Waals surface area contributed by atoms with Crippen LogP contribution in [-0.2, 0) is 4.74 Å². The molecule has 1 aromatic carbocycles. The van der Waals surface area contributed by atoms with Crippen molar-refractivity contribution >= 4 is 17.5 Å². The molecule has 0 aliphatic heterocycles. The lowest BCUT2D eigenvalue weighted by molar-refractivity contribution is 0.0635. The predicted octanol–water partition coefficient (Wildman–Crippen LogP) is 3.01. The van der Waals surface area contributed by atoms with Gasteiger partial charge in [-0.2, -0.15) is 5.10 Å². The molecular weight excluding hydrogens is 284 g/mol. The minimum Gasteiger partial charge on any atom is -0.495 e. The number of methoxy groups -OCH3 is 1. The Balaban J connectivity index is 2.23. The molecule has 2 rings (SSSR count). The lowest BCUT2D eigenvalue weighted by Crippen LogP contribution is -2.27. The summed E-state index contributed by atoms with van der Waals surface area (Å²) in [7, 11) is 1.52. The molecule has 22 heavy (non-hydrogen) atoms. The van der Waals surface area contributed by atoms with E-state index in [9.17, 15) is 4.79 Å². The average molecular weight is 304 g/mol. The van der Waals surface area contributed by atoms with Gasteiger partial charge in [0.1, 0.15) is 11.4 Å². The van der Waals surface area contributed by atoms with Gasteiger partial charge in [-0.25, -0.2) is 4.79 Å². The Hall–Kier alpha value is -2.70. The minimum absolute atomic E-state index is 0.498. The molecule has 0 saturated heterocycles. The van der Waals surface area contributed by atoms with E-state index in [0.29, 0.717) is 22.8 Å². The summed E-state index contributed by atoms with van der Waals surface area (Å²) < 4.78 is 10.5. The molecule has 0 fully saturated rings. The Kier molecular flexibility index (Phi) is 4.25. The van der Waals surface area contributed by atoms with Crippen molar-refractivity contribution in [2.45, 2.75) is 26.4 Å². The largest absolute Gasteiger partial charge is 0.495 e. The zero-order chi connectivity index (χ0) is 16.3. The standard InChI is InChI=1S/C15H20N4O3/c1-15(2,3)22-14(20)18-11-6-5-9(7-12(11)21-4)13-10(16)8-17-19-13/h5-8H,16H2,1-4H3,(H,17,19)(H,18,20). The molecule has 7 nitrogen and oxygen atoms in total. The van der Waals surface area contributed by atoms with E-state index in [4.69, 9.17) is 15.2 Å². The van der Waals surface area contributed by atoms with Gasteiger partial charge in [-0.3, -0.25) is 10.4 Å². The highest BCUT2D eigenvalue weighted by Gasteiger charge is 2.18. The highest BCUT2D eigenvalue weighted by Crippen LogP contribution is 2.32. The zero-order valence-electron chi connectivity index (χ0n) is 13.1. The Morgan fingerprint density at radius 2 is 2.09 bits per heavy atom. The number of H-pyrrole nitrogens is 1. The van der Waals surface area contributed by atoms with Gasteiger partial charge < -0.3 is 15.2 Å². The lowest BCUT2D eigenvalue weighted by atomic mass is 10.1. The van der Waals surface area contributed by atoms with Crippen LogP contribution in [0.2, 0.25) is 0 Å². The van der Waals surface area contributed by atoms with Gasteiger partial charge in [0.25, 0.3) is 0 Å². The topological polar surface area (TPSA) is 102 Å². The van der Waals surface area contributed by atoms with Gasteiger partial charge >= 0.3 is 6.09 Å². The first-order valence-electron chi connectivity index (χ1n) is 6.77. The molecule has 0 unspecified atom stereocenters. The second-order valence-corrected chi connectivity index (χ2v) is 5.74. The van der Waals surface area contributed by atoms with Crippen molar-refractivity contribution in [2.75, 3.05) is 18.2 Å². The third kappa shape index (κ3) is 3.69. The van der Waals surface area contributed by atoms with E-state index in [1.54, 1.807) is 39.0 Å². The number of hydrogen-bond acceptors (Lipinski definition) is 5. The normalized spacial score (nSPS) is 11.1. The highest BCUT2D eigenvalue weighted by atomic mass is 16.6. The quantitative estimate of drug-likeness (QED) is 0.809. The lowest BCUT2D eigenvalue weighted by Gasteiger charge is -2.20. The van der Waals surface area contributed by atoms with Gasteiger partial charge in [-0.15, -0.1) is 0 Å². The number of anilines is 2. The number of carbonyl (C=O) groups is 1. The third-order valence-corrected chi connectivity index (χ3v) is 2.79. The van der Waals surface area contributed by atoms with E-state index in [0.717, 1.165) is 5.56 Å². The van der Waals surface area contributed by atoms with E-state index in [1.165, 1.54) is 13.3 Å². The fourth-order valence-corrected chi connectivity index (χ4v) is 1.89. The zero-order valence-corrected chi connectivity index (χ0v) is 13.1. The molecule has 0 aliphatic rings. The summed E-state index contributed by atoms with van der Waals surface area (Å²) in [5.41, 5.74) is 7.81. The van der Waals surface area contributed by atoms with E-state index < -0.39 is 11.7 Å². The van der Waals surface area contributed by atoms with Crippen molar-refractivity contribution in [1.82, 2.24) is 10.2 Å². The van der Waals surface area contributed by atoms with Crippen LogP contribution < -0.4 is 15.8 Å². The second kappa shape index (κ2) is 5.97. The van der Waals surface area contributed by atoms with Gasteiger partial charge in [0.05, 0.1) is 30.4 Å². The maximum atomic E-state index is 11.8. The molecule has 0 aliphatic carbocycles. The highest BCUT2D eigenvalue weighted by molar-refractivity contribution is 5.88. The number of nitrogens with two attached hydrogens (primary N) is 1. The fourth-order valence-electron chi connectivity index (χ4n) is 1.89. The number of carbonyl (C=O) groups excluding carboxylic acids is 1. The summed E-state index contributed by atoms with van der Waals surface area (Å²) in [6.45, 7) is 5.40. The van der Waals surface area contributed by atoms with Gasteiger partial charge in [0.15, 0.2) is 0 Å². The Labute approximate surface area is 128 Å². The minimum atomic E-state index is -0.568. The molecule has 0 bridgehead atoms. The maximum absolute atomic E-state index is 11.8. The summed E-state index contributed by atoms with van der Waals surface area (Å²) in [6, 6.07) is 5.29. The molecule has 0 atom stereocenters. The molecule has 4 N–H and O–H groups in total.